The van der Waals surface area contributed by atoms with Gasteiger partial charge in [-0.3, -0.25) is 9.59 Å². The van der Waals surface area contributed by atoms with Gasteiger partial charge in [0.15, 0.2) is 11.4 Å². The van der Waals surface area contributed by atoms with Crippen LogP contribution in [0.3, 0.4) is 0 Å². The third-order valence-corrected chi connectivity index (χ3v) is 4.71. The van der Waals surface area contributed by atoms with Gasteiger partial charge in [0.25, 0.3) is 11.8 Å². The van der Waals surface area contributed by atoms with Gasteiger partial charge < -0.3 is 19.8 Å². The van der Waals surface area contributed by atoms with E-state index in [1.165, 1.54) is 0 Å². The fourth-order valence-corrected chi connectivity index (χ4v) is 3.03. The first-order valence-electron chi connectivity index (χ1n) is 9.86. The molecule has 0 spiro atoms. The number of furan rings is 1. The third-order valence-electron chi connectivity index (χ3n) is 4.71. The van der Waals surface area contributed by atoms with Crippen LogP contribution in [-0.2, 0) is 4.79 Å². The van der Waals surface area contributed by atoms with Gasteiger partial charge in [-0.2, -0.15) is 0 Å². The van der Waals surface area contributed by atoms with Gasteiger partial charge in [-0.25, -0.2) is 0 Å². The minimum Gasteiger partial charge on any atom is -0.478 e. The zero-order valence-corrected chi connectivity index (χ0v) is 17.2. The Hall–Kier alpha value is -4.06. The minimum atomic E-state index is -1.06. The van der Waals surface area contributed by atoms with E-state index < -0.39 is 5.60 Å². The minimum absolute atomic E-state index is 0.235. The molecule has 0 bridgehead atoms. The maximum Gasteiger partial charge on any atom is 0.291 e. The SMILES string of the molecule is CC(C)(Oc1ccccc1)C(=O)Nc1ccc(NC(=O)c2cc3ccccc3o2)cc1. The maximum atomic E-state index is 12.7. The lowest BCUT2D eigenvalue weighted by Crippen LogP contribution is -2.42. The Morgan fingerprint density at radius 2 is 1.42 bits per heavy atom. The molecule has 0 saturated heterocycles. The summed E-state index contributed by atoms with van der Waals surface area (Å²) in [5.41, 5.74) is 0.779. The number of hydrogen-bond donors (Lipinski definition) is 2. The van der Waals surface area contributed by atoms with E-state index in [0.717, 1.165) is 5.39 Å². The van der Waals surface area contributed by atoms with Crippen molar-refractivity contribution >= 4 is 34.2 Å². The molecule has 2 amide bonds. The van der Waals surface area contributed by atoms with Crippen molar-refractivity contribution in [2.24, 2.45) is 0 Å². The Kier molecular flexibility index (Phi) is 5.45. The Morgan fingerprint density at radius 1 is 0.806 bits per heavy atom. The molecule has 0 atom stereocenters. The molecule has 156 valence electrons. The first kappa shape index (κ1) is 20.2. The topological polar surface area (TPSA) is 80.6 Å². The second-order valence-corrected chi connectivity index (χ2v) is 7.56. The Morgan fingerprint density at radius 3 is 2.10 bits per heavy atom. The fourth-order valence-electron chi connectivity index (χ4n) is 3.03. The number of benzene rings is 3. The van der Waals surface area contributed by atoms with Crippen molar-refractivity contribution in [3.63, 3.8) is 0 Å². The lowest BCUT2D eigenvalue weighted by Gasteiger charge is -2.25. The largest absolute Gasteiger partial charge is 0.478 e. The molecule has 1 heterocycles. The predicted molar refractivity (Wildman–Crippen MR) is 120 cm³/mol. The summed E-state index contributed by atoms with van der Waals surface area (Å²) in [6.45, 7) is 3.41. The summed E-state index contributed by atoms with van der Waals surface area (Å²) >= 11 is 0. The van der Waals surface area contributed by atoms with Gasteiger partial charge in [0.2, 0.25) is 0 Å². The van der Waals surface area contributed by atoms with Gasteiger partial charge in [-0.15, -0.1) is 0 Å². The zero-order valence-electron chi connectivity index (χ0n) is 17.2. The molecule has 6 heteroatoms. The van der Waals surface area contributed by atoms with Crippen LogP contribution in [0.1, 0.15) is 24.4 Å². The molecule has 4 rings (SSSR count). The van der Waals surface area contributed by atoms with E-state index in [0.29, 0.717) is 22.7 Å². The first-order valence-corrected chi connectivity index (χ1v) is 9.86. The van der Waals surface area contributed by atoms with Crippen LogP contribution in [-0.4, -0.2) is 17.4 Å². The van der Waals surface area contributed by atoms with Crippen LogP contribution in [0, 0.1) is 0 Å². The molecule has 0 radical (unpaired) electrons. The summed E-state index contributed by atoms with van der Waals surface area (Å²) in [7, 11) is 0. The molecule has 4 aromatic rings. The lowest BCUT2D eigenvalue weighted by molar-refractivity contribution is -0.128. The summed E-state index contributed by atoms with van der Waals surface area (Å²) in [4.78, 5) is 25.1. The number of hydrogen-bond acceptors (Lipinski definition) is 4. The molecule has 0 unspecified atom stereocenters. The number of ether oxygens (including phenoxy) is 1. The zero-order chi connectivity index (χ0) is 21.8. The van der Waals surface area contributed by atoms with Gasteiger partial charge >= 0.3 is 0 Å². The molecule has 6 nitrogen and oxygen atoms in total. The molecule has 3 aromatic carbocycles. The van der Waals surface area contributed by atoms with Gasteiger partial charge in [0.1, 0.15) is 11.3 Å². The summed E-state index contributed by atoms with van der Waals surface area (Å²) < 4.78 is 11.4. The standard InChI is InChI=1S/C25H22N2O4/c1-25(2,31-20-9-4-3-5-10-20)24(29)27-19-14-12-18(13-15-19)26-23(28)22-16-17-8-6-7-11-21(17)30-22/h3-16H,1-2H3,(H,26,28)(H,27,29). The average Bonchev–Trinajstić information content (AvgIpc) is 3.20. The van der Waals surface area contributed by atoms with Crippen LogP contribution in [0.15, 0.2) is 89.3 Å². The number of carbonyl (C=O) groups excluding carboxylic acids is 2. The van der Waals surface area contributed by atoms with E-state index in [4.69, 9.17) is 9.15 Å². The molecule has 0 fully saturated rings. The van der Waals surface area contributed by atoms with E-state index >= 15 is 0 Å². The van der Waals surface area contributed by atoms with Crippen LogP contribution in [0.5, 0.6) is 5.75 Å². The van der Waals surface area contributed by atoms with Gasteiger partial charge in [0, 0.05) is 16.8 Å². The molecule has 0 aliphatic carbocycles. The number of carbonyl (C=O) groups is 2. The first-order chi connectivity index (χ1) is 14.9. The van der Waals surface area contributed by atoms with E-state index in [1.54, 1.807) is 56.3 Å². The number of anilines is 2. The van der Waals surface area contributed by atoms with Crippen molar-refractivity contribution in [3.8, 4) is 5.75 Å². The fraction of sp³-hybridized carbons (Fsp3) is 0.120. The normalized spacial score (nSPS) is 11.2. The van der Waals surface area contributed by atoms with Gasteiger partial charge in [-0.1, -0.05) is 36.4 Å². The van der Waals surface area contributed by atoms with Crippen molar-refractivity contribution in [1.82, 2.24) is 0 Å². The molecule has 0 aliphatic heterocycles. The molecule has 0 aliphatic rings. The molecule has 31 heavy (non-hydrogen) atoms. The monoisotopic (exact) mass is 414 g/mol. The second-order valence-electron chi connectivity index (χ2n) is 7.56. The van der Waals surface area contributed by atoms with E-state index in [9.17, 15) is 9.59 Å². The highest BCUT2D eigenvalue weighted by Gasteiger charge is 2.30. The predicted octanol–water partition coefficient (Wildman–Crippen LogP) is 5.48. The maximum absolute atomic E-state index is 12.7. The van der Waals surface area contributed by atoms with Crippen LogP contribution >= 0.6 is 0 Å². The smallest absolute Gasteiger partial charge is 0.291 e. The summed E-state index contributed by atoms with van der Waals surface area (Å²) in [6.07, 6.45) is 0. The highest BCUT2D eigenvalue weighted by atomic mass is 16.5. The second kappa shape index (κ2) is 8.36. The molecule has 1 aromatic heterocycles. The Labute approximate surface area is 179 Å². The molecular weight excluding hydrogens is 392 g/mol. The van der Waals surface area contributed by atoms with Crippen molar-refractivity contribution in [2.75, 3.05) is 10.6 Å². The van der Waals surface area contributed by atoms with Crippen LogP contribution in [0.4, 0.5) is 11.4 Å². The molecule has 0 saturated carbocycles. The Bertz CT molecular complexity index is 1180. The lowest BCUT2D eigenvalue weighted by atomic mass is 10.1. The number of nitrogens with one attached hydrogen (secondary N) is 2. The average molecular weight is 414 g/mol. The van der Waals surface area contributed by atoms with Crippen molar-refractivity contribution in [1.29, 1.82) is 0 Å². The van der Waals surface area contributed by atoms with Crippen molar-refractivity contribution in [2.45, 2.75) is 19.4 Å². The van der Waals surface area contributed by atoms with Gasteiger partial charge in [-0.05, 0) is 62.4 Å². The Balaban J connectivity index is 1.38. The van der Waals surface area contributed by atoms with Crippen LogP contribution < -0.4 is 15.4 Å². The van der Waals surface area contributed by atoms with E-state index in [-0.39, 0.29) is 17.6 Å². The van der Waals surface area contributed by atoms with Crippen LogP contribution in [0.25, 0.3) is 11.0 Å². The highest BCUT2D eigenvalue weighted by molar-refractivity contribution is 6.04. The summed E-state index contributed by atoms with van der Waals surface area (Å²) in [5.74, 6) is 0.227. The van der Waals surface area contributed by atoms with Crippen LogP contribution in [0.2, 0.25) is 0 Å². The number of para-hydroxylation sites is 2. The van der Waals surface area contributed by atoms with Crippen molar-refractivity contribution in [3.05, 3.63) is 90.7 Å². The number of rotatable bonds is 6. The molecular formula is C25H22N2O4. The number of amides is 2. The summed E-state index contributed by atoms with van der Waals surface area (Å²) in [5, 5.41) is 6.50. The highest BCUT2D eigenvalue weighted by Crippen LogP contribution is 2.22. The quantitative estimate of drug-likeness (QED) is 0.438. The van der Waals surface area contributed by atoms with E-state index in [2.05, 4.69) is 10.6 Å². The van der Waals surface area contributed by atoms with Crippen molar-refractivity contribution < 1.29 is 18.7 Å². The van der Waals surface area contributed by atoms with Gasteiger partial charge in [0.05, 0.1) is 0 Å². The number of fused-ring (bicyclic) bond motifs is 1. The molecule has 2 N–H and O–H groups in total. The third kappa shape index (κ3) is 4.75. The summed E-state index contributed by atoms with van der Waals surface area (Å²) in [6, 6.07) is 25.2. The van der Waals surface area contributed by atoms with E-state index in [1.807, 2.05) is 42.5 Å².